The molecule has 2 aromatic rings. The predicted octanol–water partition coefficient (Wildman–Crippen LogP) is 3.43. The molecule has 1 aliphatic heterocycles. The molecule has 3 unspecified atom stereocenters. The molecule has 0 bridgehead atoms. The van der Waals surface area contributed by atoms with Gasteiger partial charge in [-0.2, -0.15) is 0 Å². The minimum absolute atomic E-state index is 0.233. The van der Waals surface area contributed by atoms with Crippen molar-refractivity contribution in [3.63, 3.8) is 0 Å². The maximum Gasteiger partial charge on any atom is 0.137 e. The first-order chi connectivity index (χ1) is 9.19. The second-order valence-corrected chi connectivity index (χ2v) is 5.55. The number of aryl methyl sites for hydroxylation is 1. The first-order valence-corrected chi connectivity index (χ1v) is 6.97. The van der Waals surface area contributed by atoms with E-state index in [0.29, 0.717) is 12.0 Å². The van der Waals surface area contributed by atoms with Crippen LogP contribution in [0.2, 0.25) is 0 Å². The number of rotatable bonds is 3. The molecule has 2 heterocycles. The van der Waals surface area contributed by atoms with E-state index in [0.717, 1.165) is 24.4 Å². The fraction of sp³-hybridized carbons (Fsp3) is 0.500. The summed E-state index contributed by atoms with van der Waals surface area (Å²) in [6, 6.07) is 8.66. The van der Waals surface area contributed by atoms with Gasteiger partial charge >= 0.3 is 0 Å². The maximum atomic E-state index is 6.08. The summed E-state index contributed by atoms with van der Waals surface area (Å²) < 4.78 is 11.8. The second kappa shape index (κ2) is 4.99. The fourth-order valence-corrected chi connectivity index (χ4v) is 3.07. The summed E-state index contributed by atoms with van der Waals surface area (Å²) in [5.74, 6) is 1.51. The van der Waals surface area contributed by atoms with E-state index in [1.54, 1.807) is 0 Å². The number of hydrogen-bond donors (Lipinski definition) is 1. The molecule has 19 heavy (non-hydrogen) atoms. The lowest BCUT2D eigenvalue weighted by Crippen LogP contribution is -2.25. The molecule has 1 N–H and O–H groups in total. The lowest BCUT2D eigenvalue weighted by atomic mass is 9.95. The summed E-state index contributed by atoms with van der Waals surface area (Å²) in [5, 5.41) is 4.57. The third kappa shape index (κ3) is 2.28. The van der Waals surface area contributed by atoms with Crippen LogP contribution in [0.25, 0.3) is 11.0 Å². The number of benzene rings is 1. The summed E-state index contributed by atoms with van der Waals surface area (Å²) in [7, 11) is 1.99. The Morgan fingerprint density at radius 2 is 2.21 bits per heavy atom. The summed E-state index contributed by atoms with van der Waals surface area (Å²) in [6.07, 6.45) is 1.44. The lowest BCUT2D eigenvalue weighted by molar-refractivity contribution is 0.116. The molecular weight excluding hydrogens is 238 g/mol. The van der Waals surface area contributed by atoms with E-state index in [-0.39, 0.29) is 6.04 Å². The summed E-state index contributed by atoms with van der Waals surface area (Å²) in [4.78, 5) is 0. The average molecular weight is 259 g/mol. The molecule has 3 rings (SSSR count). The van der Waals surface area contributed by atoms with Crippen molar-refractivity contribution in [2.45, 2.75) is 32.4 Å². The van der Waals surface area contributed by atoms with Gasteiger partial charge in [0.15, 0.2) is 0 Å². The van der Waals surface area contributed by atoms with Gasteiger partial charge in [0, 0.05) is 11.3 Å². The number of fused-ring (bicyclic) bond motifs is 1. The van der Waals surface area contributed by atoms with Gasteiger partial charge in [0.05, 0.1) is 18.8 Å². The molecule has 1 saturated heterocycles. The van der Waals surface area contributed by atoms with E-state index in [2.05, 4.69) is 43.4 Å². The summed E-state index contributed by atoms with van der Waals surface area (Å²) in [5.41, 5.74) is 2.19. The highest BCUT2D eigenvalue weighted by atomic mass is 16.5. The minimum Gasteiger partial charge on any atom is -0.459 e. The van der Waals surface area contributed by atoms with Crippen LogP contribution in [0.5, 0.6) is 0 Å². The highest BCUT2D eigenvalue weighted by Gasteiger charge is 2.31. The zero-order valence-electron chi connectivity index (χ0n) is 11.8. The molecule has 102 valence electrons. The molecule has 1 aromatic carbocycles. The van der Waals surface area contributed by atoms with Crippen molar-refractivity contribution < 1.29 is 9.15 Å². The maximum absolute atomic E-state index is 6.08. The molecule has 0 spiro atoms. The van der Waals surface area contributed by atoms with Crippen LogP contribution in [-0.4, -0.2) is 19.8 Å². The third-order valence-corrected chi connectivity index (χ3v) is 4.08. The van der Waals surface area contributed by atoms with E-state index in [1.807, 2.05) is 7.05 Å². The lowest BCUT2D eigenvalue weighted by Gasteiger charge is -2.19. The Labute approximate surface area is 113 Å². The molecule has 0 radical (unpaired) electrons. The van der Waals surface area contributed by atoms with Crippen molar-refractivity contribution in [2.75, 3.05) is 13.7 Å². The van der Waals surface area contributed by atoms with Crippen LogP contribution >= 0.6 is 0 Å². The Hall–Kier alpha value is -1.32. The van der Waals surface area contributed by atoms with Crippen LogP contribution in [0.1, 0.15) is 30.7 Å². The monoisotopic (exact) mass is 259 g/mol. The number of furan rings is 1. The molecule has 0 amide bonds. The van der Waals surface area contributed by atoms with Gasteiger partial charge in [-0.3, -0.25) is 0 Å². The normalized spacial score (nSPS) is 25.0. The Morgan fingerprint density at radius 1 is 1.37 bits per heavy atom. The molecule has 3 heteroatoms. The van der Waals surface area contributed by atoms with E-state index >= 15 is 0 Å². The number of hydrogen-bond acceptors (Lipinski definition) is 3. The van der Waals surface area contributed by atoms with Crippen LogP contribution in [-0.2, 0) is 4.74 Å². The number of nitrogens with one attached hydrogen (secondary N) is 1. The van der Waals surface area contributed by atoms with Gasteiger partial charge in [-0.15, -0.1) is 0 Å². The van der Waals surface area contributed by atoms with Crippen LogP contribution < -0.4 is 5.32 Å². The van der Waals surface area contributed by atoms with Crippen LogP contribution in [0.4, 0.5) is 0 Å². The van der Waals surface area contributed by atoms with Gasteiger partial charge in [-0.05, 0) is 38.9 Å². The van der Waals surface area contributed by atoms with Gasteiger partial charge in [-0.1, -0.05) is 18.2 Å². The topological polar surface area (TPSA) is 34.4 Å². The van der Waals surface area contributed by atoms with Crippen LogP contribution in [0.3, 0.4) is 0 Å². The largest absolute Gasteiger partial charge is 0.459 e. The van der Waals surface area contributed by atoms with Crippen molar-refractivity contribution >= 4 is 11.0 Å². The molecule has 1 fully saturated rings. The number of ether oxygens (including phenoxy) is 1. The van der Waals surface area contributed by atoms with Gasteiger partial charge < -0.3 is 14.5 Å². The standard InChI is InChI=1S/C16H21NO2/c1-10-5-4-6-12-8-14(19-16(10)12)15(17-3)13-7-11(2)18-9-13/h4-6,8,11,13,15,17H,7,9H2,1-3H3. The Morgan fingerprint density at radius 3 is 2.84 bits per heavy atom. The average Bonchev–Trinajstić information content (AvgIpc) is 2.98. The zero-order chi connectivity index (χ0) is 13.4. The van der Waals surface area contributed by atoms with Crippen molar-refractivity contribution in [1.82, 2.24) is 5.32 Å². The quantitative estimate of drug-likeness (QED) is 0.917. The molecule has 1 aliphatic rings. The fourth-order valence-electron chi connectivity index (χ4n) is 3.07. The highest BCUT2D eigenvalue weighted by molar-refractivity contribution is 5.81. The third-order valence-electron chi connectivity index (χ3n) is 4.08. The molecule has 0 aliphatic carbocycles. The summed E-state index contributed by atoms with van der Waals surface area (Å²) in [6.45, 7) is 5.03. The van der Waals surface area contributed by atoms with E-state index < -0.39 is 0 Å². The molecular formula is C16H21NO2. The zero-order valence-corrected chi connectivity index (χ0v) is 11.8. The SMILES string of the molecule is CNC(c1cc2cccc(C)c2o1)C1COC(C)C1. The summed E-state index contributed by atoms with van der Waals surface area (Å²) >= 11 is 0. The van der Waals surface area contributed by atoms with Gasteiger partial charge in [0.25, 0.3) is 0 Å². The molecule has 3 nitrogen and oxygen atoms in total. The smallest absolute Gasteiger partial charge is 0.137 e. The number of para-hydroxylation sites is 1. The van der Waals surface area contributed by atoms with E-state index in [4.69, 9.17) is 9.15 Å². The van der Waals surface area contributed by atoms with Crippen molar-refractivity contribution in [1.29, 1.82) is 0 Å². The first kappa shape index (κ1) is 12.7. The van der Waals surface area contributed by atoms with E-state index in [1.165, 1.54) is 10.9 Å². The van der Waals surface area contributed by atoms with Crippen molar-refractivity contribution in [3.8, 4) is 0 Å². The second-order valence-electron chi connectivity index (χ2n) is 5.55. The predicted molar refractivity (Wildman–Crippen MR) is 76.3 cm³/mol. The van der Waals surface area contributed by atoms with E-state index in [9.17, 15) is 0 Å². The van der Waals surface area contributed by atoms with Gasteiger partial charge in [-0.25, -0.2) is 0 Å². The van der Waals surface area contributed by atoms with Gasteiger partial charge in [0.2, 0.25) is 0 Å². The highest BCUT2D eigenvalue weighted by Crippen LogP contribution is 2.34. The minimum atomic E-state index is 0.233. The van der Waals surface area contributed by atoms with Crippen LogP contribution in [0, 0.1) is 12.8 Å². The van der Waals surface area contributed by atoms with Gasteiger partial charge in [0.1, 0.15) is 11.3 Å². The van der Waals surface area contributed by atoms with Crippen molar-refractivity contribution in [2.24, 2.45) is 5.92 Å². The first-order valence-electron chi connectivity index (χ1n) is 6.97. The molecule has 0 saturated carbocycles. The Kier molecular flexibility index (Phi) is 3.33. The van der Waals surface area contributed by atoms with Crippen LogP contribution in [0.15, 0.2) is 28.7 Å². The Balaban J connectivity index is 1.95. The van der Waals surface area contributed by atoms with Crippen molar-refractivity contribution in [3.05, 3.63) is 35.6 Å². The molecule has 1 aromatic heterocycles. The molecule has 3 atom stereocenters. The Bertz CT molecular complexity index is 575.